The SMILES string of the molecule is NC(CC(=O)N1CC(C2CCCCC2)C[C@H]1C(=O)N[C@H](C=O)Cc1ccncc1)c1ccco1. The first kappa shape index (κ1) is 24.1. The average Bonchev–Trinajstić information content (AvgIpc) is 3.56. The summed E-state index contributed by atoms with van der Waals surface area (Å²) in [5, 5.41) is 2.88. The molecule has 0 spiro atoms. The van der Waals surface area contributed by atoms with E-state index in [1.807, 2.05) is 12.1 Å². The number of hydrogen-bond acceptors (Lipinski definition) is 6. The molecule has 4 atom stereocenters. The predicted molar refractivity (Wildman–Crippen MR) is 126 cm³/mol. The number of nitrogens with two attached hydrogens (primary N) is 1. The number of likely N-dealkylation sites (tertiary alicyclic amines) is 1. The second-order valence-electron chi connectivity index (χ2n) is 9.59. The Morgan fingerprint density at radius 3 is 2.62 bits per heavy atom. The molecule has 2 unspecified atom stereocenters. The number of amides is 2. The molecule has 3 heterocycles. The van der Waals surface area contributed by atoms with Crippen LogP contribution < -0.4 is 11.1 Å². The molecule has 1 aliphatic heterocycles. The predicted octanol–water partition coefficient (Wildman–Crippen LogP) is 2.79. The maximum atomic E-state index is 13.3. The van der Waals surface area contributed by atoms with E-state index in [0.29, 0.717) is 31.1 Å². The highest BCUT2D eigenvalue weighted by atomic mass is 16.3. The topological polar surface area (TPSA) is 119 Å². The molecule has 2 aromatic rings. The molecule has 2 aliphatic rings. The molecule has 2 fully saturated rings. The minimum absolute atomic E-state index is 0.0722. The summed E-state index contributed by atoms with van der Waals surface area (Å²) in [7, 11) is 0. The molecule has 8 nitrogen and oxygen atoms in total. The Labute approximate surface area is 200 Å². The Hall–Kier alpha value is -3.00. The van der Waals surface area contributed by atoms with Gasteiger partial charge in [0.1, 0.15) is 18.1 Å². The summed E-state index contributed by atoms with van der Waals surface area (Å²) < 4.78 is 5.35. The van der Waals surface area contributed by atoms with Gasteiger partial charge in [-0.3, -0.25) is 14.6 Å². The summed E-state index contributed by atoms with van der Waals surface area (Å²) in [5.41, 5.74) is 7.12. The Kier molecular flexibility index (Phi) is 8.11. The smallest absolute Gasteiger partial charge is 0.243 e. The Morgan fingerprint density at radius 1 is 1.18 bits per heavy atom. The van der Waals surface area contributed by atoms with Crippen LogP contribution in [0.1, 0.15) is 62.3 Å². The van der Waals surface area contributed by atoms with Crippen molar-refractivity contribution in [2.24, 2.45) is 17.6 Å². The largest absolute Gasteiger partial charge is 0.468 e. The van der Waals surface area contributed by atoms with Crippen LogP contribution in [0.15, 0.2) is 47.3 Å². The highest BCUT2D eigenvalue weighted by Crippen LogP contribution is 2.38. The normalized spacial score (nSPS) is 22.8. The van der Waals surface area contributed by atoms with Crippen molar-refractivity contribution >= 4 is 18.1 Å². The van der Waals surface area contributed by atoms with Gasteiger partial charge in [0.25, 0.3) is 0 Å². The van der Waals surface area contributed by atoms with Gasteiger partial charge in [0, 0.05) is 25.4 Å². The van der Waals surface area contributed by atoms with Crippen LogP contribution in [0.3, 0.4) is 0 Å². The van der Waals surface area contributed by atoms with E-state index in [0.717, 1.165) is 24.7 Å². The minimum Gasteiger partial charge on any atom is -0.468 e. The molecule has 0 bridgehead atoms. The van der Waals surface area contributed by atoms with Crippen molar-refractivity contribution in [1.82, 2.24) is 15.2 Å². The van der Waals surface area contributed by atoms with Gasteiger partial charge < -0.3 is 25.2 Å². The van der Waals surface area contributed by atoms with Crippen LogP contribution in [-0.2, 0) is 20.8 Å². The highest BCUT2D eigenvalue weighted by Gasteiger charge is 2.43. The number of nitrogens with one attached hydrogen (secondary N) is 1. The molecule has 0 aromatic carbocycles. The van der Waals surface area contributed by atoms with Crippen LogP contribution in [0.2, 0.25) is 0 Å². The van der Waals surface area contributed by atoms with Crippen molar-refractivity contribution in [1.29, 1.82) is 0 Å². The third kappa shape index (κ3) is 5.91. The summed E-state index contributed by atoms with van der Waals surface area (Å²) in [4.78, 5) is 44.0. The van der Waals surface area contributed by atoms with Crippen molar-refractivity contribution in [3.8, 4) is 0 Å². The van der Waals surface area contributed by atoms with E-state index in [9.17, 15) is 14.4 Å². The molecule has 1 saturated carbocycles. The van der Waals surface area contributed by atoms with E-state index in [1.165, 1.54) is 25.5 Å². The van der Waals surface area contributed by atoms with E-state index < -0.39 is 18.1 Å². The van der Waals surface area contributed by atoms with Gasteiger partial charge in [-0.2, -0.15) is 0 Å². The molecule has 0 radical (unpaired) electrons. The third-order valence-corrected chi connectivity index (χ3v) is 7.27. The number of nitrogens with zero attached hydrogens (tertiary/aromatic N) is 2. The van der Waals surface area contributed by atoms with E-state index in [1.54, 1.807) is 29.4 Å². The summed E-state index contributed by atoms with van der Waals surface area (Å²) >= 11 is 0. The van der Waals surface area contributed by atoms with Crippen molar-refractivity contribution in [3.63, 3.8) is 0 Å². The Morgan fingerprint density at radius 2 is 1.94 bits per heavy atom. The van der Waals surface area contributed by atoms with Gasteiger partial charge in [0.15, 0.2) is 0 Å². The van der Waals surface area contributed by atoms with Crippen molar-refractivity contribution in [3.05, 3.63) is 54.2 Å². The molecule has 4 rings (SSSR count). The fourth-order valence-corrected chi connectivity index (χ4v) is 5.43. The molecule has 8 heteroatoms. The van der Waals surface area contributed by atoms with Gasteiger partial charge in [-0.15, -0.1) is 0 Å². The van der Waals surface area contributed by atoms with Crippen molar-refractivity contribution < 1.29 is 18.8 Å². The fourth-order valence-electron chi connectivity index (χ4n) is 5.43. The molecule has 2 amide bonds. The number of furan rings is 1. The Balaban J connectivity index is 1.45. The van der Waals surface area contributed by atoms with Gasteiger partial charge in [0.2, 0.25) is 11.8 Å². The lowest BCUT2D eigenvalue weighted by Crippen LogP contribution is -2.50. The second-order valence-corrected chi connectivity index (χ2v) is 9.59. The minimum atomic E-state index is -0.661. The number of carbonyl (C=O) groups excluding carboxylic acids is 3. The maximum Gasteiger partial charge on any atom is 0.243 e. The van der Waals surface area contributed by atoms with Gasteiger partial charge in [-0.25, -0.2) is 0 Å². The lowest BCUT2D eigenvalue weighted by Gasteiger charge is -2.27. The number of pyridine rings is 1. The number of carbonyl (C=O) groups is 3. The van der Waals surface area contributed by atoms with E-state index >= 15 is 0 Å². The van der Waals surface area contributed by atoms with Gasteiger partial charge in [-0.05, 0) is 54.5 Å². The first-order chi connectivity index (χ1) is 16.5. The maximum absolute atomic E-state index is 13.3. The second kappa shape index (κ2) is 11.4. The molecule has 2 aromatic heterocycles. The molecular formula is C26H34N4O4. The lowest BCUT2D eigenvalue weighted by molar-refractivity contribution is -0.139. The molecule has 3 N–H and O–H groups in total. The van der Waals surface area contributed by atoms with Crippen LogP contribution in [-0.4, -0.2) is 46.6 Å². The first-order valence-corrected chi connectivity index (χ1v) is 12.3. The van der Waals surface area contributed by atoms with Gasteiger partial charge >= 0.3 is 0 Å². The van der Waals surface area contributed by atoms with Crippen LogP contribution in [0.25, 0.3) is 0 Å². The molecule has 1 saturated heterocycles. The highest BCUT2D eigenvalue weighted by molar-refractivity contribution is 5.90. The number of rotatable bonds is 9. The summed E-state index contributed by atoms with van der Waals surface area (Å²) in [6.45, 7) is 0.558. The molecule has 34 heavy (non-hydrogen) atoms. The van der Waals surface area contributed by atoms with Crippen molar-refractivity contribution in [2.75, 3.05) is 6.54 Å². The summed E-state index contributed by atoms with van der Waals surface area (Å²) in [6, 6.07) is 5.33. The lowest BCUT2D eigenvalue weighted by atomic mass is 9.79. The number of aromatic nitrogens is 1. The van der Waals surface area contributed by atoms with E-state index in [2.05, 4.69) is 10.3 Å². The average molecular weight is 467 g/mol. The van der Waals surface area contributed by atoms with Gasteiger partial charge in [0.05, 0.1) is 18.3 Å². The fraction of sp³-hybridized carbons (Fsp3) is 0.538. The zero-order valence-corrected chi connectivity index (χ0v) is 19.5. The summed E-state index contributed by atoms with van der Waals surface area (Å²) in [6.07, 6.45) is 12.6. The standard InChI is InChI=1S/C26H34N4O4/c27-22(24-7-4-12-34-24)15-25(32)30-16-20(19-5-2-1-3-6-19)14-23(30)26(33)29-21(17-31)13-18-8-10-28-11-9-18/h4,7-12,17,19-23H,1-3,5-6,13-16,27H2,(H,29,33)/t20?,21-,22?,23-/m0/s1. The number of aldehydes is 1. The van der Waals surface area contributed by atoms with Crippen LogP contribution in [0, 0.1) is 11.8 Å². The molecular weight excluding hydrogens is 432 g/mol. The third-order valence-electron chi connectivity index (χ3n) is 7.27. The number of hydrogen-bond donors (Lipinski definition) is 2. The quantitative estimate of drug-likeness (QED) is 0.549. The zero-order valence-electron chi connectivity index (χ0n) is 19.5. The monoisotopic (exact) mass is 466 g/mol. The van der Waals surface area contributed by atoms with Crippen molar-refractivity contribution in [2.45, 2.75) is 69.5 Å². The Bertz CT molecular complexity index is 943. The van der Waals surface area contributed by atoms with Gasteiger partial charge in [-0.1, -0.05) is 32.1 Å². The molecule has 182 valence electrons. The first-order valence-electron chi connectivity index (χ1n) is 12.3. The van der Waals surface area contributed by atoms with Crippen LogP contribution in [0.4, 0.5) is 0 Å². The van der Waals surface area contributed by atoms with Crippen LogP contribution in [0.5, 0.6) is 0 Å². The zero-order chi connectivity index (χ0) is 23.9. The van der Waals surface area contributed by atoms with Crippen LogP contribution >= 0.6 is 0 Å². The summed E-state index contributed by atoms with van der Waals surface area (Å²) in [5.74, 6) is 0.938. The molecule has 1 aliphatic carbocycles. The van der Waals surface area contributed by atoms with E-state index in [4.69, 9.17) is 10.2 Å². The van der Waals surface area contributed by atoms with E-state index in [-0.39, 0.29) is 24.2 Å².